The summed E-state index contributed by atoms with van der Waals surface area (Å²) < 4.78 is 0. The van der Waals surface area contributed by atoms with E-state index in [4.69, 9.17) is 5.11 Å². The predicted molar refractivity (Wildman–Crippen MR) is 82.5 cm³/mol. The summed E-state index contributed by atoms with van der Waals surface area (Å²) in [6.45, 7) is 0.797. The van der Waals surface area contributed by atoms with Crippen molar-refractivity contribution in [3.8, 4) is 0 Å². The number of rotatable bonds is 9. The number of para-hydroxylation sites is 1. The first kappa shape index (κ1) is 15.5. The summed E-state index contributed by atoms with van der Waals surface area (Å²) in [5.41, 5.74) is 2.21. The van der Waals surface area contributed by atoms with Gasteiger partial charge in [-0.2, -0.15) is 0 Å². The van der Waals surface area contributed by atoms with Gasteiger partial charge in [0.2, 0.25) is 5.91 Å². The van der Waals surface area contributed by atoms with Crippen molar-refractivity contribution >= 4 is 17.6 Å². The number of aliphatic carboxylic acids is 1. The second kappa shape index (κ2) is 7.81. The molecular weight excluding hydrogens is 266 g/mol. The van der Waals surface area contributed by atoms with E-state index >= 15 is 0 Å². The van der Waals surface area contributed by atoms with E-state index in [1.807, 2.05) is 29.2 Å². The number of hydrogen-bond donors (Lipinski definition) is 1. The molecule has 1 amide bonds. The Morgan fingerprint density at radius 3 is 2.48 bits per heavy atom. The minimum atomic E-state index is -0.707. The maximum absolute atomic E-state index is 12.0. The third-order valence-corrected chi connectivity index (χ3v) is 3.95. The summed E-state index contributed by atoms with van der Waals surface area (Å²) in [5, 5.41) is 8.54. The van der Waals surface area contributed by atoms with Gasteiger partial charge in [0.25, 0.3) is 0 Å². The lowest BCUT2D eigenvalue weighted by atomic mass is 10.1. The van der Waals surface area contributed by atoms with E-state index in [1.165, 1.54) is 0 Å². The molecule has 0 aromatic heterocycles. The van der Waals surface area contributed by atoms with Gasteiger partial charge in [-0.25, -0.2) is 0 Å². The van der Waals surface area contributed by atoms with E-state index in [0.717, 1.165) is 56.3 Å². The normalized spacial score (nSPS) is 13.5. The Morgan fingerprint density at radius 1 is 1.05 bits per heavy atom. The topological polar surface area (TPSA) is 57.6 Å². The molecule has 1 aromatic rings. The third-order valence-electron chi connectivity index (χ3n) is 3.95. The zero-order valence-electron chi connectivity index (χ0n) is 12.4. The van der Waals surface area contributed by atoms with Crippen LogP contribution < -0.4 is 4.90 Å². The van der Waals surface area contributed by atoms with E-state index in [9.17, 15) is 9.59 Å². The number of carboxylic acids is 1. The van der Waals surface area contributed by atoms with Gasteiger partial charge in [-0.05, 0) is 24.5 Å². The van der Waals surface area contributed by atoms with Crippen LogP contribution in [0.3, 0.4) is 0 Å². The Hall–Kier alpha value is -1.84. The second-order valence-corrected chi connectivity index (χ2v) is 5.62. The zero-order chi connectivity index (χ0) is 15.1. The van der Waals surface area contributed by atoms with Crippen molar-refractivity contribution in [3.63, 3.8) is 0 Å². The minimum absolute atomic E-state index is 0.206. The fourth-order valence-electron chi connectivity index (χ4n) is 2.81. The van der Waals surface area contributed by atoms with Crippen molar-refractivity contribution in [3.05, 3.63) is 29.8 Å². The minimum Gasteiger partial charge on any atom is -0.481 e. The number of carbonyl (C=O) groups is 2. The van der Waals surface area contributed by atoms with Crippen LogP contribution in [-0.4, -0.2) is 23.5 Å². The maximum Gasteiger partial charge on any atom is 0.303 e. The van der Waals surface area contributed by atoms with Gasteiger partial charge < -0.3 is 10.0 Å². The highest BCUT2D eigenvalue weighted by molar-refractivity contribution is 6.01. The number of anilines is 1. The van der Waals surface area contributed by atoms with Crippen molar-refractivity contribution in [2.75, 3.05) is 11.4 Å². The Morgan fingerprint density at radius 2 is 1.71 bits per heavy atom. The van der Waals surface area contributed by atoms with E-state index in [1.54, 1.807) is 0 Å². The van der Waals surface area contributed by atoms with Gasteiger partial charge in [-0.1, -0.05) is 43.9 Å². The number of benzene rings is 1. The van der Waals surface area contributed by atoms with Crippen molar-refractivity contribution in [1.29, 1.82) is 0 Å². The Balaban J connectivity index is 1.61. The van der Waals surface area contributed by atoms with E-state index in [0.29, 0.717) is 6.42 Å². The predicted octanol–water partition coefficient (Wildman–Crippen LogP) is 3.39. The van der Waals surface area contributed by atoms with Crippen molar-refractivity contribution in [1.82, 2.24) is 0 Å². The molecule has 0 radical (unpaired) electrons. The number of amides is 1. The fraction of sp³-hybridized carbons (Fsp3) is 0.529. The lowest BCUT2D eigenvalue weighted by Gasteiger charge is -2.17. The molecule has 0 atom stereocenters. The van der Waals surface area contributed by atoms with Crippen LogP contribution in [0.15, 0.2) is 24.3 Å². The summed E-state index contributed by atoms with van der Waals surface area (Å²) in [6, 6.07) is 8.00. The quantitative estimate of drug-likeness (QED) is 0.709. The first-order valence-corrected chi connectivity index (χ1v) is 7.78. The lowest BCUT2D eigenvalue weighted by molar-refractivity contribution is -0.137. The second-order valence-electron chi connectivity index (χ2n) is 5.62. The molecule has 114 valence electrons. The molecule has 4 nitrogen and oxygen atoms in total. The number of hydrogen-bond acceptors (Lipinski definition) is 2. The molecule has 1 N–H and O–H groups in total. The molecule has 0 unspecified atom stereocenters. The molecule has 0 spiro atoms. The molecule has 0 fully saturated rings. The SMILES string of the molecule is O=C(O)CCCCCCCCN1C(=O)Cc2ccccc21. The average Bonchev–Trinajstić information content (AvgIpc) is 2.77. The van der Waals surface area contributed by atoms with Crippen LogP contribution in [0.1, 0.15) is 50.5 Å². The van der Waals surface area contributed by atoms with Crippen molar-refractivity contribution < 1.29 is 14.7 Å². The zero-order valence-corrected chi connectivity index (χ0v) is 12.4. The van der Waals surface area contributed by atoms with Gasteiger partial charge in [-0.15, -0.1) is 0 Å². The standard InChI is InChI=1S/C17H23NO3/c19-16-13-14-9-6-7-10-15(14)18(16)12-8-4-2-1-3-5-11-17(20)21/h6-7,9-10H,1-5,8,11-13H2,(H,20,21). The Bertz CT molecular complexity index is 499. The fourth-order valence-corrected chi connectivity index (χ4v) is 2.81. The van der Waals surface area contributed by atoms with Crippen LogP contribution in [-0.2, 0) is 16.0 Å². The van der Waals surface area contributed by atoms with Crippen LogP contribution in [0.5, 0.6) is 0 Å². The van der Waals surface area contributed by atoms with Gasteiger partial charge in [0, 0.05) is 18.7 Å². The number of carbonyl (C=O) groups excluding carboxylic acids is 1. The van der Waals surface area contributed by atoms with Gasteiger partial charge in [-0.3, -0.25) is 9.59 Å². The Kier molecular flexibility index (Phi) is 5.78. The first-order chi connectivity index (χ1) is 10.2. The number of nitrogens with zero attached hydrogens (tertiary/aromatic N) is 1. The largest absolute Gasteiger partial charge is 0.481 e. The summed E-state index contributed by atoms with van der Waals surface area (Å²) >= 11 is 0. The molecule has 1 heterocycles. The molecule has 0 aliphatic carbocycles. The molecule has 1 aliphatic rings. The number of unbranched alkanes of at least 4 members (excludes halogenated alkanes) is 5. The molecule has 0 saturated heterocycles. The molecule has 4 heteroatoms. The summed E-state index contributed by atoms with van der Waals surface area (Å²) in [6.07, 6.45) is 6.87. The Labute approximate surface area is 125 Å². The van der Waals surface area contributed by atoms with Crippen LogP contribution in [0.4, 0.5) is 5.69 Å². The van der Waals surface area contributed by atoms with Crippen molar-refractivity contribution in [2.24, 2.45) is 0 Å². The number of carboxylic acid groups (broad SMARTS) is 1. The first-order valence-electron chi connectivity index (χ1n) is 7.78. The summed E-state index contributed by atoms with van der Waals surface area (Å²) in [7, 11) is 0. The molecule has 0 saturated carbocycles. The highest BCUT2D eigenvalue weighted by Gasteiger charge is 2.25. The van der Waals surface area contributed by atoms with Crippen LogP contribution in [0, 0.1) is 0 Å². The van der Waals surface area contributed by atoms with Gasteiger partial charge in [0.05, 0.1) is 6.42 Å². The van der Waals surface area contributed by atoms with Gasteiger partial charge >= 0.3 is 5.97 Å². The van der Waals surface area contributed by atoms with Crippen LogP contribution in [0.25, 0.3) is 0 Å². The van der Waals surface area contributed by atoms with Crippen LogP contribution >= 0.6 is 0 Å². The van der Waals surface area contributed by atoms with Crippen molar-refractivity contribution in [2.45, 2.75) is 51.4 Å². The molecular formula is C17H23NO3. The van der Waals surface area contributed by atoms with Gasteiger partial charge in [0.1, 0.15) is 0 Å². The molecule has 1 aliphatic heterocycles. The highest BCUT2D eigenvalue weighted by Crippen LogP contribution is 2.28. The smallest absolute Gasteiger partial charge is 0.303 e. The molecule has 2 rings (SSSR count). The van der Waals surface area contributed by atoms with Gasteiger partial charge in [0.15, 0.2) is 0 Å². The van der Waals surface area contributed by atoms with E-state index < -0.39 is 5.97 Å². The third kappa shape index (κ3) is 4.59. The molecule has 0 bridgehead atoms. The van der Waals surface area contributed by atoms with E-state index in [2.05, 4.69) is 0 Å². The molecule has 21 heavy (non-hydrogen) atoms. The molecule has 1 aromatic carbocycles. The highest BCUT2D eigenvalue weighted by atomic mass is 16.4. The maximum atomic E-state index is 12.0. The summed E-state index contributed by atoms with van der Waals surface area (Å²) in [5.74, 6) is -0.501. The number of fused-ring (bicyclic) bond motifs is 1. The average molecular weight is 289 g/mol. The van der Waals surface area contributed by atoms with E-state index in [-0.39, 0.29) is 12.3 Å². The summed E-state index contributed by atoms with van der Waals surface area (Å²) in [4.78, 5) is 24.2. The van der Waals surface area contributed by atoms with Crippen LogP contribution in [0.2, 0.25) is 0 Å². The lowest BCUT2D eigenvalue weighted by Crippen LogP contribution is -2.27. The monoisotopic (exact) mass is 289 g/mol.